The maximum atomic E-state index is 12.3. The van der Waals surface area contributed by atoms with Crippen LogP contribution in [-0.4, -0.2) is 6.61 Å². The number of benzene rings is 2. The molecule has 2 rings (SSSR count). The van der Waals surface area contributed by atoms with E-state index in [1.54, 1.807) is 36.4 Å². The van der Waals surface area contributed by atoms with Crippen LogP contribution in [0.3, 0.4) is 0 Å². The zero-order valence-corrected chi connectivity index (χ0v) is 10.6. The second kappa shape index (κ2) is 5.55. The van der Waals surface area contributed by atoms with Gasteiger partial charge in [-0.15, -0.1) is 0 Å². The zero-order chi connectivity index (χ0) is 13.1. The van der Waals surface area contributed by atoms with Crippen molar-refractivity contribution in [2.45, 2.75) is 6.61 Å². The van der Waals surface area contributed by atoms with Gasteiger partial charge >= 0.3 is 6.61 Å². The minimum absolute atomic E-state index is 0.0664. The fraction of sp³-hybridized carbons (Fsp3) is 0.0769. The third kappa shape index (κ3) is 2.74. The van der Waals surface area contributed by atoms with Gasteiger partial charge in [-0.05, 0) is 12.1 Å². The Morgan fingerprint density at radius 3 is 2.28 bits per heavy atom. The lowest BCUT2D eigenvalue weighted by Crippen LogP contribution is -2.03. The first kappa shape index (κ1) is 13.1. The lowest BCUT2D eigenvalue weighted by Gasteiger charge is -2.12. The van der Waals surface area contributed by atoms with Crippen molar-refractivity contribution >= 4 is 23.2 Å². The maximum absolute atomic E-state index is 12.3. The van der Waals surface area contributed by atoms with Gasteiger partial charge in [0.15, 0.2) is 0 Å². The Balaban J connectivity index is 2.53. The average Bonchev–Trinajstić information content (AvgIpc) is 2.33. The van der Waals surface area contributed by atoms with E-state index in [1.165, 1.54) is 6.07 Å². The topological polar surface area (TPSA) is 9.23 Å². The molecule has 0 aliphatic carbocycles. The largest absolute Gasteiger partial charge is 0.434 e. The number of alkyl halides is 2. The highest BCUT2D eigenvalue weighted by molar-refractivity contribution is 6.43. The van der Waals surface area contributed by atoms with Crippen molar-refractivity contribution in [2.24, 2.45) is 0 Å². The van der Waals surface area contributed by atoms with Crippen LogP contribution in [0.15, 0.2) is 42.5 Å². The van der Waals surface area contributed by atoms with E-state index in [2.05, 4.69) is 4.74 Å². The van der Waals surface area contributed by atoms with Gasteiger partial charge < -0.3 is 4.74 Å². The van der Waals surface area contributed by atoms with Gasteiger partial charge in [0.1, 0.15) is 5.75 Å². The summed E-state index contributed by atoms with van der Waals surface area (Å²) in [7, 11) is 0. The Kier molecular flexibility index (Phi) is 4.04. The summed E-state index contributed by atoms with van der Waals surface area (Å²) in [6.07, 6.45) is 0. The summed E-state index contributed by atoms with van der Waals surface area (Å²) in [5.41, 5.74) is 1.03. The second-order valence-corrected chi connectivity index (χ2v) is 4.26. The highest BCUT2D eigenvalue weighted by Gasteiger charge is 2.14. The molecular formula is C13H8Cl2F2O. The Morgan fingerprint density at radius 2 is 1.56 bits per heavy atom. The predicted molar refractivity (Wildman–Crippen MR) is 68.5 cm³/mol. The zero-order valence-electron chi connectivity index (χ0n) is 9.04. The van der Waals surface area contributed by atoms with E-state index >= 15 is 0 Å². The molecule has 0 amide bonds. The smallest absolute Gasteiger partial charge is 0.387 e. The number of para-hydroxylation sites is 1. The van der Waals surface area contributed by atoms with E-state index in [9.17, 15) is 8.78 Å². The van der Waals surface area contributed by atoms with Crippen molar-refractivity contribution in [2.75, 3.05) is 0 Å². The van der Waals surface area contributed by atoms with Gasteiger partial charge in [0.05, 0.1) is 10.0 Å². The first-order valence-electron chi connectivity index (χ1n) is 5.08. The van der Waals surface area contributed by atoms with E-state index in [1.807, 2.05) is 0 Å². The van der Waals surface area contributed by atoms with Crippen LogP contribution in [0.1, 0.15) is 0 Å². The molecule has 18 heavy (non-hydrogen) atoms. The fourth-order valence-electron chi connectivity index (χ4n) is 1.60. The van der Waals surface area contributed by atoms with Crippen LogP contribution in [-0.2, 0) is 0 Å². The molecule has 0 aromatic heterocycles. The number of hydrogen-bond donors (Lipinski definition) is 0. The molecule has 94 valence electrons. The van der Waals surface area contributed by atoms with Gasteiger partial charge in [-0.3, -0.25) is 0 Å². The fourth-order valence-corrected chi connectivity index (χ4v) is 2.00. The van der Waals surface area contributed by atoms with Crippen LogP contribution in [0, 0.1) is 0 Å². The number of rotatable bonds is 3. The van der Waals surface area contributed by atoms with Gasteiger partial charge in [0, 0.05) is 11.1 Å². The molecule has 0 saturated heterocycles. The van der Waals surface area contributed by atoms with E-state index in [4.69, 9.17) is 23.2 Å². The molecule has 0 saturated carbocycles. The van der Waals surface area contributed by atoms with E-state index in [-0.39, 0.29) is 5.75 Å². The molecule has 0 aliphatic heterocycles. The molecule has 2 aromatic rings. The molecule has 1 nitrogen and oxygen atoms in total. The Labute approximate surface area is 113 Å². The molecular weight excluding hydrogens is 281 g/mol. The second-order valence-electron chi connectivity index (χ2n) is 3.48. The summed E-state index contributed by atoms with van der Waals surface area (Å²) >= 11 is 12.0. The van der Waals surface area contributed by atoms with Crippen molar-refractivity contribution < 1.29 is 13.5 Å². The van der Waals surface area contributed by atoms with Crippen molar-refractivity contribution in [3.05, 3.63) is 52.5 Å². The minimum Gasteiger partial charge on any atom is -0.434 e. The molecule has 0 unspecified atom stereocenters. The number of halogens is 4. The quantitative estimate of drug-likeness (QED) is 0.748. The summed E-state index contributed by atoms with van der Waals surface area (Å²) in [6.45, 7) is -2.89. The first-order valence-corrected chi connectivity index (χ1v) is 5.83. The van der Waals surface area contributed by atoms with Crippen molar-refractivity contribution in [3.63, 3.8) is 0 Å². The maximum Gasteiger partial charge on any atom is 0.387 e. The lowest BCUT2D eigenvalue weighted by molar-refractivity contribution is -0.0494. The van der Waals surface area contributed by atoms with E-state index in [0.717, 1.165) is 0 Å². The SMILES string of the molecule is FC(F)Oc1ccccc1-c1cccc(Cl)c1Cl. The highest BCUT2D eigenvalue weighted by Crippen LogP contribution is 2.38. The molecule has 0 spiro atoms. The average molecular weight is 289 g/mol. The van der Waals surface area contributed by atoms with Crippen molar-refractivity contribution in [1.82, 2.24) is 0 Å². The van der Waals surface area contributed by atoms with Crippen LogP contribution in [0.5, 0.6) is 5.75 Å². The molecule has 0 N–H and O–H groups in total. The molecule has 0 aliphatic rings. The highest BCUT2D eigenvalue weighted by atomic mass is 35.5. The van der Waals surface area contributed by atoms with Gasteiger partial charge in [-0.1, -0.05) is 53.5 Å². The summed E-state index contributed by atoms with van der Waals surface area (Å²) in [5.74, 6) is 0.0664. The Bertz CT molecular complexity index is 558. The molecule has 0 atom stereocenters. The summed E-state index contributed by atoms with van der Waals surface area (Å²) in [4.78, 5) is 0. The Hall–Kier alpha value is -1.32. The van der Waals surface area contributed by atoms with Gasteiger partial charge in [0.25, 0.3) is 0 Å². The molecule has 0 radical (unpaired) electrons. The standard InChI is InChI=1S/C13H8Cl2F2O/c14-10-6-3-5-9(12(10)15)8-4-1-2-7-11(8)18-13(16)17/h1-7,13H. The lowest BCUT2D eigenvalue weighted by atomic mass is 10.0. The molecule has 0 heterocycles. The predicted octanol–water partition coefficient (Wildman–Crippen LogP) is 5.26. The monoisotopic (exact) mass is 288 g/mol. The number of ether oxygens (including phenoxy) is 1. The summed E-state index contributed by atoms with van der Waals surface area (Å²) in [6, 6.07) is 11.5. The molecule has 0 fully saturated rings. The summed E-state index contributed by atoms with van der Waals surface area (Å²) < 4.78 is 29.1. The third-order valence-corrected chi connectivity index (χ3v) is 3.16. The van der Waals surface area contributed by atoms with E-state index in [0.29, 0.717) is 21.2 Å². The normalized spacial score (nSPS) is 10.7. The van der Waals surface area contributed by atoms with Crippen LogP contribution in [0.2, 0.25) is 10.0 Å². The molecule has 2 aromatic carbocycles. The van der Waals surface area contributed by atoms with Crippen molar-refractivity contribution in [1.29, 1.82) is 0 Å². The number of hydrogen-bond acceptors (Lipinski definition) is 1. The molecule has 0 bridgehead atoms. The summed E-state index contributed by atoms with van der Waals surface area (Å²) in [5, 5.41) is 0.672. The minimum atomic E-state index is -2.89. The van der Waals surface area contributed by atoms with Crippen LogP contribution in [0.25, 0.3) is 11.1 Å². The van der Waals surface area contributed by atoms with Crippen molar-refractivity contribution in [3.8, 4) is 16.9 Å². The van der Waals surface area contributed by atoms with Crippen LogP contribution in [0.4, 0.5) is 8.78 Å². The van der Waals surface area contributed by atoms with Gasteiger partial charge in [0.2, 0.25) is 0 Å². The van der Waals surface area contributed by atoms with E-state index < -0.39 is 6.61 Å². The third-order valence-electron chi connectivity index (χ3n) is 2.34. The van der Waals surface area contributed by atoms with Crippen LogP contribution >= 0.6 is 23.2 Å². The Morgan fingerprint density at radius 1 is 0.889 bits per heavy atom. The van der Waals surface area contributed by atoms with Crippen LogP contribution < -0.4 is 4.74 Å². The first-order chi connectivity index (χ1) is 8.59. The van der Waals surface area contributed by atoms with Gasteiger partial charge in [-0.2, -0.15) is 8.78 Å². The van der Waals surface area contributed by atoms with Gasteiger partial charge in [-0.25, -0.2) is 0 Å². The molecule has 5 heteroatoms.